The van der Waals surface area contributed by atoms with Gasteiger partial charge in [-0.1, -0.05) is 55.8 Å². The van der Waals surface area contributed by atoms with E-state index >= 15 is 0 Å². The molecule has 2 atom stereocenters. The second-order valence-electron chi connectivity index (χ2n) is 8.13. The van der Waals surface area contributed by atoms with Crippen molar-refractivity contribution in [1.29, 1.82) is 0 Å². The predicted molar refractivity (Wildman–Crippen MR) is 111 cm³/mol. The van der Waals surface area contributed by atoms with E-state index in [4.69, 9.17) is 9.15 Å². The highest BCUT2D eigenvalue weighted by molar-refractivity contribution is 7.98. The second-order valence-corrected chi connectivity index (χ2v) is 9.06. The first kappa shape index (κ1) is 22.3. The molecule has 0 saturated heterocycles. The first-order chi connectivity index (χ1) is 13.1. The highest BCUT2D eigenvalue weighted by atomic mass is 32.2. The summed E-state index contributed by atoms with van der Waals surface area (Å²) in [6, 6.07) is 6.01. The van der Waals surface area contributed by atoms with Gasteiger partial charge in [0.25, 0.3) is 5.22 Å². The minimum Gasteiger partial charge on any atom is -0.444 e. The molecule has 1 heterocycles. The average molecular weight is 406 g/mol. The van der Waals surface area contributed by atoms with Crippen LogP contribution in [-0.2, 0) is 10.5 Å². The molecule has 0 aliphatic carbocycles. The molecule has 1 amide bonds. The maximum absolute atomic E-state index is 12.2. The van der Waals surface area contributed by atoms with E-state index in [1.807, 2.05) is 27.7 Å². The molecule has 2 aromatic rings. The largest absolute Gasteiger partial charge is 0.444 e. The number of benzene rings is 1. The Bertz CT molecular complexity index is 798. The number of rotatable bonds is 7. The molecule has 1 N–H and O–H groups in total. The van der Waals surface area contributed by atoms with Crippen LogP contribution in [0.15, 0.2) is 27.8 Å². The van der Waals surface area contributed by atoms with Crippen molar-refractivity contribution in [2.24, 2.45) is 5.92 Å². The van der Waals surface area contributed by atoms with E-state index in [0.29, 0.717) is 11.1 Å². The molecule has 0 fully saturated rings. The number of carbonyl (C=O) groups excluding carboxylic acids is 1. The van der Waals surface area contributed by atoms with E-state index in [9.17, 15) is 4.79 Å². The maximum Gasteiger partial charge on any atom is 0.408 e. The zero-order chi connectivity index (χ0) is 20.9. The molecule has 28 heavy (non-hydrogen) atoms. The minimum absolute atomic E-state index is 0.129. The van der Waals surface area contributed by atoms with Gasteiger partial charge in [-0.2, -0.15) is 0 Å². The number of alkyl carbamates (subject to hydrolysis) is 1. The lowest BCUT2D eigenvalue weighted by molar-refractivity contribution is 0.0474. The van der Waals surface area contributed by atoms with Crippen LogP contribution >= 0.6 is 11.8 Å². The van der Waals surface area contributed by atoms with Gasteiger partial charge in [-0.05, 0) is 51.7 Å². The Balaban J connectivity index is 2.08. The molecule has 0 radical (unpaired) electrons. The number of carbonyl (C=O) groups is 1. The average Bonchev–Trinajstić information content (AvgIpc) is 3.07. The van der Waals surface area contributed by atoms with Crippen LogP contribution in [0, 0.1) is 19.8 Å². The van der Waals surface area contributed by atoms with E-state index in [2.05, 4.69) is 54.5 Å². The molecule has 154 valence electrons. The van der Waals surface area contributed by atoms with Gasteiger partial charge in [-0.3, -0.25) is 0 Å². The first-order valence-corrected chi connectivity index (χ1v) is 10.6. The number of amides is 1. The van der Waals surface area contributed by atoms with Crippen LogP contribution in [0.25, 0.3) is 0 Å². The van der Waals surface area contributed by atoms with E-state index in [-0.39, 0.29) is 12.0 Å². The molecule has 6 nitrogen and oxygen atoms in total. The van der Waals surface area contributed by atoms with Gasteiger partial charge < -0.3 is 14.5 Å². The van der Waals surface area contributed by atoms with Crippen molar-refractivity contribution in [3.05, 3.63) is 40.8 Å². The third-order valence-electron chi connectivity index (χ3n) is 4.43. The van der Waals surface area contributed by atoms with Gasteiger partial charge in [0.1, 0.15) is 11.6 Å². The van der Waals surface area contributed by atoms with Crippen molar-refractivity contribution in [2.45, 2.75) is 77.5 Å². The number of hydrogen-bond donors (Lipinski definition) is 1. The zero-order valence-electron chi connectivity index (χ0n) is 17.8. The third kappa shape index (κ3) is 6.55. The smallest absolute Gasteiger partial charge is 0.408 e. The van der Waals surface area contributed by atoms with Crippen molar-refractivity contribution in [3.8, 4) is 0 Å². The number of nitrogens with one attached hydrogen (secondary N) is 1. The van der Waals surface area contributed by atoms with Gasteiger partial charge in [0.15, 0.2) is 0 Å². The van der Waals surface area contributed by atoms with Gasteiger partial charge in [0, 0.05) is 5.75 Å². The summed E-state index contributed by atoms with van der Waals surface area (Å²) < 4.78 is 11.2. The first-order valence-electron chi connectivity index (χ1n) is 9.61. The highest BCUT2D eigenvalue weighted by Gasteiger charge is 2.28. The molecule has 1 aromatic heterocycles. The summed E-state index contributed by atoms with van der Waals surface area (Å²) >= 11 is 1.50. The van der Waals surface area contributed by atoms with Crippen LogP contribution in [0.2, 0.25) is 0 Å². The van der Waals surface area contributed by atoms with Gasteiger partial charge in [0.05, 0.1) is 0 Å². The Hall–Kier alpha value is -2.02. The summed E-state index contributed by atoms with van der Waals surface area (Å²) in [5.41, 5.74) is 3.15. The number of aryl methyl sites for hydroxylation is 2. The van der Waals surface area contributed by atoms with Crippen molar-refractivity contribution >= 4 is 17.9 Å². The number of hydrogen-bond acceptors (Lipinski definition) is 6. The predicted octanol–water partition coefficient (Wildman–Crippen LogP) is 5.59. The quantitative estimate of drug-likeness (QED) is 0.605. The second kappa shape index (κ2) is 9.45. The molecular weight excluding hydrogens is 374 g/mol. The van der Waals surface area contributed by atoms with Crippen LogP contribution in [-0.4, -0.2) is 21.9 Å². The lowest BCUT2D eigenvalue weighted by Gasteiger charge is -2.24. The normalized spacial score (nSPS) is 13.8. The summed E-state index contributed by atoms with van der Waals surface area (Å²) in [4.78, 5) is 12.2. The summed E-state index contributed by atoms with van der Waals surface area (Å²) in [7, 11) is 0. The molecule has 2 unspecified atom stereocenters. The fourth-order valence-corrected chi connectivity index (χ4v) is 3.45. The van der Waals surface area contributed by atoms with Crippen LogP contribution in [0.1, 0.15) is 69.7 Å². The SMILES string of the molecule is CCC(C)C(NC(=O)OC(C)(C)C)c1nnc(SCc2cc(C)ccc2C)o1. The van der Waals surface area contributed by atoms with Crippen LogP contribution in [0.4, 0.5) is 4.79 Å². The zero-order valence-corrected chi connectivity index (χ0v) is 18.6. The van der Waals surface area contributed by atoms with E-state index in [1.54, 1.807) is 0 Å². The van der Waals surface area contributed by atoms with Gasteiger partial charge >= 0.3 is 6.09 Å². The Morgan fingerprint density at radius 2 is 2.00 bits per heavy atom. The van der Waals surface area contributed by atoms with Gasteiger partial charge in [-0.25, -0.2) is 4.79 Å². The number of aromatic nitrogens is 2. The van der Waals surface area contributed by atoms with E-state index in [1.165, 1.54) is 28.5 Å². The molecule has 1 aromatic carbocycles. The number of ether oxygens (including phenoxy) is 1. The fourth-order valence-electron chi connectivity index (χ4n) is 2.62. The molecule has 0 aliphatic rings. The maximum atomic E-state index is 12.2. The molecular formula is C21H31N3O3S. The van der Waals surface area contributed by atoms with Gasteiger partial charge in [0.2, 0.25) is 5.89 Å². The summed E-state index contributed by atoms with van der Waals surface area (Å²) in [5.74, 6) is 1.29. The molecule has 2 rings (SSSR count). The molecule has 0 spiro atoms. The van der Waals surface area contributed by atoms with Crippen molar-refractivity contribution in [1.82, 2.24) is 15.5 Å². The van der Waals surface area contributed by atoms with Gasteiger partial charge in [-0.15, -0.1) is 10.2 Å². The van der Waals surface area contributed by atoms with Crippen LogP contribution in [0.5, 0.6) is 0 Å². The van der Waals surface area contributed by atoms with Crippen LogP contribution in [0.3, 0.4) is 0 Å². The summed E-state index contributed by atoms with van der Waals surface area (Å²) in [6.07, 6.45) is 0.369. The van der Waals surface area contributed by atoms with Crippen molar-refractivity contribution in [3.63, 3.8) is 0 Å². The van der Waals surface area contributed by atoms with E-state index in [0.717, 1.165) is 12.2 Å². The lowest BCUT2D eigenvalue weighted by Crippen LogP contribution is -2.37. The topological polar surface area (TPSA) is 77.2 Å². The molecule has 7 heteroatoms. The minimum atomic E-state index is -0.564. The standard InChI is InChI=1S/C21H31N3O3S/c1-8-14(3)17(22-19(25)27-21(5,6)7)18-23-24-20(26-18)28-12-16-11-13(2)9-10-15(16)4/h9-11,14,17H,8,12H2,1-7H3,(H,22,25). The molecule has 0 bridgehead atoms. The number of thioether (sulfide) groups is 1. The fraction of sp³-hybridized carbons (Fsp3) is 0.571. The Morgan fingerprint density at radius 1 is 1.29 bits per heavy atom. The Morgan fingerprint density at radius 3 is 2.64 bits per heavy atom. The Labute approximate surface area is 171 Å². The highest BCUT2D eigenvalue weighted by Crippen LogP contribution is 2.29. The summed E-state index contributed by atoms with van der Waals surface area (Å²) in [5, 5.41) is 11.7. The van der Waals surface area contributed by atoms with Crippen LogP contribution < -0.4 is 5.32 Å². The Kier molecular flexibility index (Phi) is 7.52. The molecule has 0 aliphatic heterocycles. The molecule has 0 saturated carbocycles. The number of nitrogens with zero attached hydrogens (tertiary/aromatic N) is 2. The van der Waals surface area contributed by atoms with Crippen molar-refractivity contribution in [2.75, 3.05) is 0 Å². The van der Waals surface area contributed by atoms with Crippen molar-refractivity contribution < 1.29 is 13.9 Å². The summed E-state index contributed by atoms with van der Waals surface area (Å²) in [6.45, 7) is 13.8. The lowest BCUT2D eigenvalue weighted by atomic mass is 9.99. The monoisotopic (exact) mass is 405 g/mol. The third-order valence-corrected chi connectivity index (χ3v) is 5.30. The van der Waals surface area contributed by atoms with E-state index < -0.39 is 11.7 Å².